The molecule has 2 rings (SSSR count). The van der Waals surface area contributed by atoms with Gasteiger partial charge in [0.15, 0.2) is 14.6 Å². The molecule has 1 aliphatic rings. The Labute approximate surface area is 179 Å². The maximum absolute atomic E-state index is 13.4. The Morgan fingerprint density at radius 3 is 2.24 bits per heavy atom. The van der Waals surface area contributed by atoms with Crippen molar-refractivity contribution in [2.24, 2.45) is 11.7 Å². The van der Waals surface area contributed by atoms with Gasteiger partial charge in [0.2, 0.25) is 0 Å². The third-order valence-electron chi connectivity index (χ3n) is 4.66. The highest BCUT2D eigenvalue weighted by Gasteiger charge is 2.54. The second kappa shape index (κ2) is 10.1. The van der Waals surface area contributed by atoms with E-state index in [2.05, 4.69) is 0 Å². The molecular weight excluding hydrogens is 418 g/mol. The van der Waals surface area contributed by atoms with E-state index in [1.807, 2.05) is 6.92 Å². The lowest BCUT2D eigenvalue weighted by atomic mass is 9.99. The lowest BCUT2D eigenvalue weighted by Gasteiger charge is -2.36. The summed E-state index contributed by atoms with van der Waals surface area (Å²) in [5.41, 5.74) is 4.79. The van der Waals surface area contributed by atoms with Crippen LogP contribution in [0, 0.1) is 5.92 Å². The average Bonchev–Trinajstić information content (AvgIpc) is 2.65. The van der Waals surface area contributed by atoms with E-state index in [0.29, 0.717) is 18.9 Å². The highest BCUT2D eigenvalue weighted by Crippen LogP contribution is 2.37. The maximum Gasteiger partial charge on any atom is 0.328 e. The number of nitrogens with two attached hydrogens (primary N) is 1. The molecule has 1 aliphatic heterocycles. The first kappa shape index (κ1) is 25.7. The van der Waals surface area contributed by atoms with Gasteiger partial charge in [-0.2, -0.15) is 0 Å². The normalized spacial score (nSPS) is 17.7. The molecule has 0 unspecified atom stereocenters. The maximum atomic E-state index is 13.4. The Balaban J connectivity index is 0.00000420. The van der Waals surface area contributed by atoms with Crippen molar-refractivity contribution in [1.82, 2.24) is 0 Å². The van der Waals surface area contributed by atoms with Crippen LogP contribution in [-0.2, 0) is 24.1 Å². The van der Waals surface area contributed by atoms with Crippen molar-refractivity contribution >= 4 is 28.2 Å². The van der Waals surface area contributed by atoms with Crippen LogP contribution in [0.1, 0.15) is 40.5 Å². The molecule has 1 fully saturated rings. The van der Waals surface area contributed by atoms with E-state index in [9.17, 15) is 13.2 Å². The highest BCUT2D eigenvalue weighted by molar-refractivity contribution is 7.93. The van der Waals surface area contributed by atoms with Crippen molar-refractivity contribution in [2.45, 2.75) is 55.8 Å². The molecular formula is C20H32ClNO6S. The fraction of sp³-hybridized carbons (Fsp3) is 0.650. The lowest BCUT2D eigenvalue weighted by Crippen LogP contribution is -2.53. The number of benzene rings is 1. The first-order valence-corrected chi connectivity index (χ1v) is 11.0. The Hall–Kier alpha value is -1.35. The molecule has 0 saturated carbocycles. The topological polar surface area (TPSA) is 105 Å². The first-order valence-electron chi connectivity index (χ1n) is 9.50. The molecule has 0 aliphatic carbocycles. The van der Waals surface area contributed by atoms with Gasteiger partial charge in [-0.05, 0) is 51.6 Å². The van der Waals surface area contributed by atoms with Gasteiger partial charge in [0, 0.05) is 32.0 Å². The van der Waals surface area contributed by atoms with Gasteiger partial charge in [-0.3, -0.25) is 4.79 Å². The van der Waals surface area contributed by atoms with E-state index in [4.69, 9.17) is 19.9 Å². The zero-order valence-corrected chi connectivity index (χ0v) is 19.1. The Bertz CT molecular complexity index is 767. The van der Waals surface area contributed by atoms with E-state index in [0.717, 1.165) is 0 Å². The quantitative estimate of drug-likeness (QED) is 0.638. The number of esters is 1. The predicted octanol–water partition coefficient (Wildman–Crippen LogP) is 2.75. The van der Waals surface area contributed by atoms with E-state index < -0.39 is 26.2 Å². The SMILES string of the molecule is C[C@@H](CN)COc1ccc(S(=O)(=O)C2(C(=O)OC(C)(C)C)CCOCC2)cc1.Cl. The molecule has 166 valence electrons. The minimum absolute atomic E-state index is 0. The third kappa shape index (κ3) is 6.07. The van der Waals surface area contributed by atoms with Crippen molar-refractivity contribution in [2.75, 3.05) is 26.4 Å². The summed E-state index contributed by atoms with van der Waals surface area (Å²) in [6.45, 7) is 8.47. The second-order valence-corrected chi connectivity index (χ2v) is 10.5. The summed E-state index contributed by atoms with van der Waals surface area (Å²) in [5, 5.41) is 0. The fourth-order valence-corrected chi connectivity index (χ4v) is 4.81. The smallest absolute Gasteiger partial charge is 0.328 e. The van der Waals surface area contributed by atoms with Gasteiger partial charge in [0.1, 0.15) is 11.4 Å². The average molecular weight is 450 g/mol. The highest BCUT2D eigenvalue weighted by atomic mass is 35.5. The van der Waals surface area contributed by atoms with Crippen molar-refractivity contribution in [3.8, 4) is 5.75 Å². The summed E-state index contributed by atoms with van der Waals surface area (Å²) in [6, 6.07) is 6.13. The molecule has 0 spiro atoms. The van der Waals surface area contributed by atoms with Crippen LogP contribution in [0.4, 0.5) is 0 Å². The summed E-state index contributed by atoms with van der Waals surface area (Å²) in [5.74, 6) is 0.0269. The molecule has 9 heteroatoms. The van der Waals surface area contributed by atoms with Crippen LogP contribution in [0.3, 0.4) is 0 Å². The van der Waals surface area contributed by atoms with Gasteiger partial charge < -0.3 is 19.9 Å². The summed E-state index contributed by atoms with van der Waals surface area (Å²) < 4.78 is 41.7. The minimum atomic E-state index is -3.98. The predicted molar refractivity (Wildman–Crippen MR) is 113 cm³/mol. The number of ether oxygens (including phenoxy) is 3. The molecule has 1 atom stereocenters. The van der Waals surface area contributed by atoms with Crippen LogP contribution >= 0.6 is 12.4 Å². The lowest BCUT2D eigenvalue weighted by molar-refractivity contribution is -0.160. The van der Waals surface area contributed by atoms with Gasteiger partial charge in [-0.1, -0.05) is 6.92 Å². The molecule has 1 heterocycles. The van der Waals surface area contributed by atoms with Gasteiger partial charge in [-0.25, -0.2) is 8.42 Å². The number of hydrogen-bond donors (Lipinski definition) is 1. The molecule has 0 bridgehead atoms. The Morgan fingerprint density at radius 2 is 1.76 bits per heavy atom. The van der Waals surface area contributed by atoms with Crippen molar-refractivity contribution < 1.29 is 27.4 Å². The number of rotatable bonds is 7. The molecule has 2 N–H and O–H groups in total. The van der Waals surface area contributed by atoms with E-state index in [1.54, 1.807) is 32.9 Å². The second-order valence-electron chi connectivity index (χ2n) is 8.24. The summed E-state index contributed by atoms with van der Waals surface area (Å²) >= 11 is 0. The molecule has 0 radical (unpaired) electrons. The van der Waals surface area contributed by atoms with Crippen molar-refractivity contribution in [3.63, 3.8) is 0 Å². The van der Waals surface area contributed by atoms with E-state index >= 15 is 0 Å². The molecule has 1 aromatic carbocycles. The van der Waals surface area contributed by atoms with Gasteiger partial charge >= 0.3 is 5.97 Å². The first-order chi connectivity index (χ1) is 13.0. The standard InChI is InChI=1S/C20H31NO6S.ClH/c1-15(13-21)14-26-16-5-7-17(8-6-16)28(23,24)20(9-11-25-12-10-20)18(22)27-19(2,3)4;/h5-8,15H,9-14,21H2,1-4H3;1H/t15-;/m0./s1. The van der Waals surface area contributed by atoms with E-state index in [1.165, 1.54) is 12.1 Å². The molecule has 0 amide bonds. The number of carbonyl (C=O) groups is 1. The molecule has 7 nitrogen and oxygen atoms in total. The number of sulfone groups is 1. The monoisotopic (exact) mass is 449 g/mol. The molecule has 29 heavy (non-hydrogen) atoms. The van der Waals surface area contributed by atoms with Crippen molar-refractivity contribution in [3.05, 3.63) is 24.3 Å². The largest absolute Gasteiger partial charge is 0.493 e. The summed E-state index contributed by atoms with van der Waals surface area (Å²) in [4.78, 5) is 13.0. The van der Waals surface area contributed by atoms with Crippen LogP contribution < -0.4 is 10.5 Å². The molecule has 0 aromatic heterocycles. The van der Waals surface area contributed by atoms with Crippen LogP contribution in [0.25, 0.3) is 0 Å². The zero-order valence-electron chi connectivity index (χ0n) is 17.5. The third-order valence-corrected chi connectivity index (χ3v) is 7.15. The summed E-state index contributed by atoms with van der Waals surface area (Å²) in [6.07, 6.45) is 0.132. The van der Waals surface area contributed by atoms with Gasteiger partial charge in [-0.15, -0.1) is 12.4 Å². The van der Waals surface area contributed by atoms with Crippen molar-refractivity contribution in [1.29, 1.82) is 0 Å². The Kier molecular flexibility index (Phi) is 8.95. The van der Waals surface area contributed by atoms with Crippen LogP contribution in [0.5, 0.6) is 5.75 Å². The number of hydrogen-bond acceptors (Lipinski definition) is 7. The fourth-order valence-electron chi connectivity index (χ4n) is 2.90. The molecule has 1 saturated heterocycles. The summed E-state index contributed by atoms with van der Waals surface area (Å²) in [7, 11) is -3.98. The minimum Gasteiger partial charge on any atom is -0.493 e. The van der Waals surface area contributed by atoms with Gasteiger partial charge in [0.25, 0.3) is 0 Å². The number of halogens is 1. The van der Waals surface area contributed by atoms with E-state index in [-0.39, 0.29) is 49.3 Å². The van der Waals surface area contributed by atoms with Crippen LogP contribution in [-0.4, -0.2) is 51.1 Å². The molecule has 1 aromatic rings. The zero-order chi connectivity index (χ0) is 21.0. The number of carbonyl (C=O) groups excluding carboxylic acids is 1. The van der Waals surface area contributed by atoms with Gasteiger partial charge in [0.05, 0.1) is 11.5 Å². The van der Waals surface area contributed by atoms with Crippen LogP contribution in [0.15, 0.2) is 29.2 Å². The van der Waals surface area contributed by atoms with Crippen LogP contribution in [0.2, 0.25) is 0 Å². The Morgan fingerprint density at radius 1 is 1.21 bits per heavy atom.